The number of hydrogen-bond acceptors (Lipinski definition) is 16. The molecule has 0 fully saturated rings. The number of nitrogens with zero attached hydrogens (tertiary/aromatic N) is 6. The lowest BCUT2D eigenvalue weighted by Gasteiger charge is -2.44. The molecule has 0 aromatic heterocycles. The number of amides is 4. The lowest BCUT2D eigenvalue weighted by molar-refractivity contribution is -0.124. The lowest BCUT2D eigenvalue weighted by atomic mass is 9.84. The van der Waals surface area contributed by atoms with Crippen LogP contribution in [0.2, 0.25) is 0 Å². The summed E-state index contributed by atoms with van der Waals surface area (Å²) in [5.74, 6) is 2.49. The molecule has 14 rings (SSSR count). The Balaban J connectivity index is 0.000000202. The van der Waals surface area contributed by atoms with Crippen LogP contribution in [0, 0.1) is 34.9 Å². The lowest BCUT2D eigenvalue weighted by Crippen LogP contribution is -2.49. The Labute approximate surface area is 739 Å². The molecule has 4 amide bonds. The molecule has 680 valence electrons. The predicted octanol–water partition coefficient (Wildman–Crippen LogP) is 14.7. The summed E-state index contributed by atoms with van der Waals surface area (Å²) >= 11 is 3.17. The molecular weight excluding hydrogens is 1710 g/mol. The number of benzene rings is 7. The van der Waals surface area contributed by atoms with Gasteiger partial charge in [-0.15, -0.1) is 0 Å². The van der Waals surface area contributed by atoms with Crippen LogP contribution < -0.4 is 31.6 Å². The van der Waals surface area contributed by atoms with Crippen LogP contribution in [0.1, 0.15) is 169 Å². The Bertz CT molecular complexity index is 5090. The normalized spacial score (nSPS) is 20.1. The van der Waals surface area contributed by atoms with Crippen LogP contribution in [0.5, 0.6) is 17.2 Å². The maximum atomic E-state index is 15.9. The van der Waals surface area contributed by atoms with Crippen LogP contribution >= 0.6 is 15.9 Å². The molecule has 4 aliphatic heterocycles. The summed E-state index contributed by atoms with van der Waals surface area (Å²) in [5, 5.41) is 29.6. The highest BCUT2D eigenvalue weighted by Gasteiger charge is 2.48. The predicted molar refractivity (Wildman–Crippen MR) is 473 cm³/mol. The Kier molecular flexibility index (Phi) is 35.1. The summed E-state index contributed by atoms with van der Waals surface area (Å²) in [5.41, 5.74) is 12.0. The molecule has 0 bridgehead atoms. The van der Waals surface area contributed by atoms with E-state index in [1.54, 1.807) is 79.3 Å². The number of rotatable bonds is 28. The van der Waals surface area contributed by atoms with Crippen LogP contribution in [-0.4, -0.2) is 215 Å². The molecule has 0 spiro atoms. The monoisotopic (exact) mass is 1820 g/mol. The van der Waals surface area contributed by atoms with Gasteiger partial charge in [-0.2, -0.15) is 0 Å². The van der Waals surface area contributed by atoms with Crippen molar-refractivity contribution in [2.45, 2.75) is 153 Å². The number of alkyl halides is 4. The third kappa shape index (κ3) is 23.4. The molecule has 20 nitrogen and oxygen atoms in total. The maximum absolute atomic E-state index is 15.9. The molecule has 11 N–H and O–H groups in total. The topological polar surface area (TPSA) is 286 Å². The summed E-state index contributed by atoms with van der Waals surface area (Å²) in [4.78, 5) is 56.9. The van der Waals surface area contributed by atoms with Crippen molar-refractivity contribution in [2.24, 2.45) is 17.4 Å². The molecule has 3 unspecified atom stereocenters. The number of hydrazine groups is 1. The third-order valence-corrected chi connectivity index (χ3v) is 23.8. The zero-order chi connectivity index (χ0) is 91.1. The van der Waals surface area contributed by atoms with Gasteiger partial charge in [0.05, 0.1) is 62.2 Å². The first-order chi connectivity index (χ1) is 59.5. The first-order valence-electron chi connectivity index (χ1n) is 41.8. The first-order valence-corrected chi connectivity index (χ1v) is 42.9. The average molecular weight is 1820 g/mol. The number of carbonyl (C=O) groups is 4. The van der Waals surface area contributed by atoms with Crippen LogP contribution in [-0.2, 0) is 28.9 Å². The molecule has 7 aromatic rings. The number of aliphatic hydroxyl groups excluding tert-OH is 3. The quantitative estimate of drug-likeness (QED) is 0.00505. The Morgan fingerprint density at radius 3 is 1.07 bits per heavy atom. The number of nitrogens with two attached hydrogens (primary N) is 3. The van der Waals surface area contributed by atoms with Gasteiger partial charge in [-0.25, -0.2) is 39.5 Å². The standard InChI is InChI=1S/C33H31F3N2O4.C32H39F3N2O3.C25H29F3N2O2.C6H10BrNO.H4N2.H2O/c1-19-13-25-22-8-4-3-7-20(22)14-26(25)30(38(19)17-33(2,36)18-39)29-27(34)15-21(16-28(29)35)42-12-11-37-31(40)23-9-5-6-10-24(23)32(37)41;1-21-15-25-24-12-9-8-11-22(24)16-26(25)31(37(21)19-32(2,35)20-38)30-27(33)17-23(18-28(30)34)40-14-10-6-5-7-13-29(39)36(3)4;1-15-9-19-18-6-4-3-5-16(18)10-20(19)24(30(15)13-25(2,28)14-31)23-21(26)11-17(12-22(23)27)32-8-7-29;1-8(2)6(9)4-3-5-7;1-2;/h3-10,15-16,19,30,39H,11-14,17-18H2,1-2H3;7-9,11-13,17-18,21,31,38H,5-6,10,14-16,19-20H2,1-4H3;3-6,11-12,15,24,31H,7-10,13-14,29H2,1-2H3;3-4H,5H2,1-2H3;1-2H2;1H2/b;13-7+;;4-3+;;/t19-,30+,33?;21-,31+,32?;15-,24+,25?;;;/m111.../s1. The summed E-state index contributed by atoms with van der Waals surface area (Å²) in [6.07, 6.45) is 12.2. The van der Waals surface area contributed by atoms with Crippen LogP contribution in [0.3, 0.4) is 0 Å². The van der Waals surface area contributed by atoms with Gasteiger partial charge < -0.3 is 50.5 Å². The largest absolute Gasteiger partial charge is 0.493 e. The van der Waals surface area contributed by atoms with Gasteiger partial charge in [-0.3, -0.25) is 50.5 Å². The zero-order valence-electron chi connectivity index (χ0n) is 72.7. The van der Waals surface area contributed by atoms with E-state index in [2.05, 4.69) is 27.6 Å². The molecule has 0 saturated heterocycles. The van der Waals surface area contributed by atoms with E-state index in [1.165, 1.54) is 54.9 Å². The minimum Gasteiger partial charge on any atom is -0.493 e. The second-order valence-corrected chi connectivity index (χ2v) is 34.2. The number of hydrogen-bond donors (Lipinski definition) is 6. The Hall–Kier alpha value is -9.83. The SMILES string of the molecule is CN(C)C(=O)/C=C/CBr.C[C@@H]1CC2=C(Cc3ccccc32)[C@@H](c2c(F)cc(OCCCC/C=C/C(=O)N(C)C)cc2F)N1CC(C)(F)CO.C[C@@H]1CC2=C(Cc3ccccc32)[C@@H](c2c(F)cc(OCCN)cc2F)N1CC(C)(F)CO.C[C@@H]1CC2=C(Cc3ccccc32)[C@@H](c2c(F)cc(OCCN3C(=O)c4ccccc4C3=O)cc2F)N1CC(C)(F)CO.NN.O. The molecule has 7 aromatic carbocycles. The van der Waals surface area contributed by atoms with Crippen LogP contribution in [0.15, 0.2) is 174 Å². The van der Waals surface area contributed by atoms with Gasteiger partial charge >= 0.3 is 0 Å². The van der Waals surface area contributed by atoms with Crippen molar-refractivity contribution in [1.29, 1.82) is 0 Å². The van der Waals surface area contributed by atoms with E-state index in [9.17, 15) is 38.9 Å². The van der Waals surface area contributed by atoms with Gasteiger partial charge in [0.2, 0.25) is 11.8 Å². The fourth-order valence-corrected chi connectivity index (χ4v) is 17.5. The van der Waals surface area contributed by atoms with E-state index in [1.807, 2.05) is 93.6 Å². The van der Waals surface area contributed by atoms with Gasteiger partial charge in [-0.1, -0.05) is 113 Å². The number of aliphatic hydroxyl groups is 3. The van der Waals surface area contributed by atoms with Gasteiger partial charge in [0.25, 0.3) is 11.8 Å². The second-order valence-electron chi connectivity index (χ2n) is 33.6. The highest BCUT2D eigenvalue weighted by molar-refractivity contribution is 9.09. The summed E-state index contributed by atoms with van der Waals surface area (Å²) < 4.78 is 156. The fourth-order valence-electron chi connectivity index (χ4n) is 17.3. The molecule has 0 saturated carbocycles. The molecule has 3 aliphatic carbocycles. The number of likely N-dealkylation sites (N-methyl/N-ethyl adjacent to an activating group) is 2. The molecular formula is C96H115BrF9N9O11. The molecule has 30 heteroatoms. The van der Waals surface area contributed by atoms with Crippen molar-refractivity contribution in [1.82, 2.24) is 29.4 Å². The molecule has 9 atom stereocenters. The molecule has 4 heterocycles. The minimum atomic E-state index is -1.98. The average Bonchev–Trinajstić information content (AvgIpc) is 1.53. The Morgan fingerprint density at radius 1 is 0.476 bits per heavy atom. The number of ether oxygens (including phenoxy) is 3. The molecule has 126 heavy (non-hydrogen) atoms. The smallest absolute Gasteiger partial charge is 0.261 e. The number of allylic oxidation sites excluding steroid dienone is 2. The van der Waals surface area contributed by atoms with E-state index in [0.717, 1.165) is 108 Å². The minimum absolute atomic E-state index is 0. The van der Waals surface area contributed by atoms with Crippen LogP contribution in [0.4, 0.5) is 39.5 Å². The number of imide groups is 1. The van der Waals surface area contributed by atoms with Crippen molar-refractivity contribution >= 4 is 56.3 Å². The van der Waals surface area contributed by atoms with Gasteiger partial charge in [0.15, 0.2) is 0 Å². The van der Waals surface area contributed by atoms with E-state index in [-0.39, 0.29) is 122 Å². The van der Waals surface area contributed by atoms with Crippen molar-refractivity contribution in [3.8, 4) is 17.2 Å². The first kappa shape index (κ1) is 99.9. The number of fused-ring (bicyclic) bond motifs is 7. The van der Waals surface area contributed by atoms with E-state index in [4.69, 9.17) is 19.9 Å². The number of unbranched alkanes of at least 4 members (excludes halogenated alkanes) is 2. The van der Waals surface area contributed by atoms with Gasteiger partial charge in [0.1, 0.15) is 82.4 Å². The number of carbonyl (C=O) groups excluding carboxylic acids is 4. The van der Waals surface area contributed by atoms with Crippen molar-refractivity contribution in [3.05, 3.63) is 271 Å². The summed E-state index contributed by atoms with van der Waals surface area (Å²) in [6, 6.07) is 34.0. The van der Waals surface area contributed by atoms with Crippen molar-refractivity contribution in [3.63, 3.8) is 0 Å². The third-order valence-electron chi connectivity index (χ3n) is 23.4. The summed E-state index contributed by atoms with van der Waals surface area (Å²) in [7, 11) is 6.82. The fraction of sp³-hybridized carbons (Fsp3) is 0.417. The van der Waals surface area contributed by atoms with E-state index < -0.39 is 102 Å². The summed E-state index contributed by atoms with van der Waals surface area (Å²) in [6.45, 7) is 7.47. The van der Waals surface area contributed by atoms with Gasteiger partial charge in [-0.05, 0) is 190 Å². The molecule has 7 aliphatic rings. The number of halogens is 10. The van der Waals surface area contributed by atoms with E-state index >= 15 is 35.1 Å². The highest BCUT2D eigenvalue weighted by atomic mass is 79.9. The Morgan fingerprint density at radius 2 is 0.770 bits per heavy atom. The van der Waals surface area contributed by atoms with E-state index in [0.29, 0.717) is 62.5 Å². The second kappa shape index (κ2) is 44.3. The van der Waals surface area contributed by atoms with Gasteiger partial charge in [0, 0.05) is 131 Å². The molecule has 0 radical (unpaired) electrons. The zero-order valence-corrected chi connectivity index (χ0v) is 74.3. The maximum Gasteiger partial charge on any atom is 0.261 e. The van der Waals surface area contributed by atoms with Crippen molar-refractivity contribution in [2.75, 3.05) is 106 Å². The van der Waals surface area contributed by atoms with Crippen LogP contribution in [0.25, 0.3) is 16.7 Å². The van der Waals surface area contributed by atoms with Crippen molar-refractivity contribution < 1.29 is 93.7 Å². The highest BCUT2D eigenvalue weighted by Crippen LogP contribution is 2.54.